The third kappa shape index (κ3) is 7.58. The second-order valence-electron chi connectivity index (χ2n) is 14.9. The lowest BCUT2D eigenvalue weighted by atomic mass is 9.88. The first kappa shape index (κ1) is 36.0. The molecule has 2 saturated carbocycles. The SMILES string of the molecule is CC(C)(O)C(=O)C[C@H]1CCCCC/C=C\[C@@H]2C[C@@]2(C(=O)NS(=O)(=O)C2CC2)NC(=O)[C@@H]2C[C@@H](OC(=O)N3Cc4cccc(F)c4C3)CN2C1=O. The number of sulfonamides is 1. The number of nitrogens with zero attached hydrogens (tertiary/aromatic N) is 2. The molecule has 272 valence electrons. The van der Waals surface area contributed by atoms with Gasteiger partial charge < -0.3 is 20.1 Å². The standard InChI is InChI=1S/C35H45FN4O9S/c1-34(2,46)29(41)15-21-9-6-4-3-5-7-11-23-17-35(23,32(44)38-50(47,48)25-13-14-25)37-30(42)28-16-24(19-40(28)31(21)43)49-33(45)39-18-22-10-8-12-27(36)26(22)20-39/h7-8,10-12,21,23-25,28,46H,3-6,9,13-20H2,1-2H3,(H,37,42)(H,38,44)/b11-7-/t21-,23-,24-,28+,35-/m1/s1. The first-order valence-electron chi connectivity index (χ1n) is 17.4. The van der Waals surface area contributed by atoms with Crippen LogP contribution in [0.1, 0.15) is 89.2 Å². The van der Waals surface area contributed by atoms with Crippen molar-refractivity contribution < 1.29 is 46.6 Å². The van der Waals surface area contributed by atoms with E-state index in [9.17, 15) is 41.9 Å². The quantitative estimate of drug-likeness (QED) is 0.358. The average molecular weight is 717 g/mol. The minimum Gasteiger partial charge on any atom is -0.444 e. The highest BCUT2D eigenvalue weighted by atomic mass is 32.2. The number of amides is 4. The van der Waals surface area contributed by atoms with E-state index >= 15 is 0 Å². The zero-order valence-electron chi connectivity index (χ0n) is 28.4. The smallest absolute Gasteiger partial charge is 0.410 e. The highest BCUT2D eigenvalue weighted by Crippen LogP contribution is 2.46. The van der Waals surface area contributed by atoms with Gasteiger partial charge >= 0.3 is 6.09 Å². The maximum Gasteiger partial charge on any atom is 0.410 e. The molecule has 0 bridgehead atoms. The number of ether oxygens (including phenoxy) is 1. The van der Waals surface area contributed by atoms with Crippen molar-refractivity contribution in [2.75, 3.05) is 6.54 Å². The first-order chi connectivity index (χ1) is 23.6. The van der Waals surface area contributed by atoms with Crippen molar-refractivity contribution in [1.29, 1.82) is 0 Å². The van der Waals surface area contributed by atoms with Gasteiger partial charge in [-0.25, -0.2) is 17.6 Å². The third-order valence-electron chi connectivity index (χ3n) is 10.5. The Bertz CT molecular complexity index is 1710. The number of allylic oxidation sites excluding steroid dienone is 1. The van der Waals surface area contributed by atoms with Crippen molar-refractivity contribution in [3.05, 3.63) is 47.3 Å². The molecule has 3 heterocycles. The predicted molar refractivity (Wildman–Crippen MR) is 177 cm³/mol. The summed E-state index contributed by atoms with van der Waals surface area (Å²) in [6.45, 7) is 2.65. The molecule has 13 nitrogen and oxygen atoms in total. The lowest BCUT2D eigenvalue weighted by Crippen LogP contribution is -2.57. The number of Topliss-reactive ketones (excluding diaryl/α,β-unsaturated/α-hetero) is 1. The van der Waals surface area contributed by atoms with Crippen molar-refractivity contribution >= 4 is 39.6 Å². The first-order valence-corrected chi connectivity index (χ1v) is 19.0. The molecular weight excluding hydrogens is 671 g/mol. The molecule has 0 radical (unpaired) electrons. The number of fused-ring (bicyclic) bond motifs is 3. The fourth-order valence-corrected chi connectivity index (χ4v) is 8.54. The summed E-state index contributed by atoms with van der Waals surface area (Å²) in [7, 11) is -3.92. The second-order valence-corrected chi connectivity index (χ2v) is 16.8. The Morgan fingerprint density at radius 3 is 2.58 bits per heavy atom. The Morgan fingerprint density at radius 2 is 1.88 bits per heavy atom. The van der Waals surface area contributed by atoms with Crippen LogP contribution in [0.3, 0.4) is 0 Å². The normalized spacial score (nSPS) is 29.4. The number of hydrogen-bond donors (Lipinski definition) is 3. The number of carbonyl (C=O) groups is 5. The zero-order chi connectivity index (χ0) is 36.0. The van der Waals surface area contributed by atoms with Crippen molar-refractivity contribution in [2.24, 2.45) is 11.8 Å². The lowest BCUT2D eigenvalue weighted by molar-refractivity contribution is -0.146. The summed E-state index contributed by atoms with van der Waals surface area (Å²) in [5.41, 5.74) is -2.20. The van der Waals surface area contributed by atoms with E-state index in [1.807, 2.05) is 12.2 Å². The minimum atomic E-state index is -3.92. The van der Waals surface area contributed by atoms with Gasteiger partial charge in [0.1, 0.15) is 29.1 Å². The van der Waals surface area contributed by atoms with Gasteiger partial charge in [-0.1, -0.05) is 37.1 Å². The lowest BCUT2D eigenvalue weighted by Gasteiger charge is -2.30. The van der Waals surface area contributed by atoms with Gasteiger partial charge in [0.2, 0.25) is 21.8 Å². The highest BCUT2D eigenvalue weighted by molar-refractivity contribution is 7.91. The number of nitrogens with one attached hydrogen (secondary N) is 2. The molecule has 2 aliphatic carbocycles. The molecule has 5 aliphatic rings. The van der Waals surface area contributed by atoms with Crippen molar-refractivity contribution in [1.82, 2.24) is 19.8 Å². The van der Waals surface area contributed by atoms with Crippen molar-refractivity contribution in [2.45, 2.75) is 120 Å². The molecule has 0 spiro atoms. The van der Waals surface area contributed by atoms with Crippen LogP contribution in [0.15, 0.2) is 30.4 Å². The molecule has 0 unspecified atom stereocenters. The molecule has 6 rings (SSSR count). The zero-order valence-corrected chi connectivity index (χ0v) is 29.2. The van der Waals surface area contributed by atoms with Gasteiger partial charge in [-0.2, -0.15) is 0 Å². The van der Waals surface area contributed by atoms with Crippen LogP contribution in [-0.2, 0) is 47.0 Å². The van der Waals surface area contributed by atoms with Crippen molar-refractivity contribution in [3.63, 3.8) is 0 Å². The predicted octanol–water partition coefficient (Wildman–Crippen LogP) is 2.60. The number of halogens is 1. The van der Waals surface area contributed by atoms with Gasteiger partial charge in [-0.05, 0) is 64.0 Å². The van der Waals surface area contributed by atoms with Gasteiger partial charge in [0.25, 0.3) is 5.91 Å². The Hall–Kier alpha value is -3.85. The maximum absolute atomic E-state index is 14.4. The Kier molecular flexibility index (Phi) is 9.85. The molecule has 5 atom stereocenters. The van der Waals surface area contributed by atoms with Crippen LogP contribution in [0.25, 0.3) is 0 Å². The third-order valence-corrected chi connectivity index (χ3v) is 12.3. The second kappa shape index (κ2) is 13.7. The molecule has 3 aliphatic heterocycles. The molecular formula is C35H45FN4O9S. The molecule has 15 heteroatoms. The fourth-order valence-electron chi connectivity index (χ4n) is 7.18. The summed E-state index contributed by atoms with van der Waals surface area (Å²) >= 11 is 0. The maximum atomic E-state index is 14.4. The van der Waals surface area contributed by atoms with E-state index < -0.39 is 85.8 Å². The summed E-state index contributed by atoms with van der Waals surface area (Å²) in [6, 6.07) is 3.38. The van der Waals surface area contributed by atoms with Crippen LogP contribution in [0.2, 0.25) is 0 Å². The number of rotatable bonds is 7. The summed E-state index contributed by atoms with van der Waals surface area (Å²) in [5, 5.41) is 12.5. The van der Waals surface area contributed by atoms with E-state index in [1.54, 1.807) is 12.1 Å². The van der Waals surface area contributed by atoms with Gasteiger partial charge in [0.05, 0.1) is 18.3 Å². The van der Waals surface area contributed by atoms with E-state index in [4.69, 9.17) is 4.74 Å². The van der Waals surface area contributed by atoms with E-state index in [1.165, 1.54) is 29.7 Å². The van der Waals surface area contributed by atoms with Gasteiger partial charge in [-0.15, -0.1) is 0 Å². The van der Waals surface area contributed by atoms with Crippen LogP contribution in [0, 0.1) is 17.7 Å². The van der Waals surface area contributed by atoms with E-state index in [0.717, 1.165) is 12.8 Å². The Labute approximate surface area is 291 Å². The highest BCUT2D eigenvalue weighted by Gasteiger charge is 2.62. The Balaban J connectivity index is 1.26. The summed E-state index contributed by atoms with van der Waals surface area (Å²) in [6.07, 6.45) is 5.79. The van der Waals surface area contributed by atoms with Gasteiger partial charge in [0.15, 0.2) is 5.78 Å². The minimum absolute atomic E-state index is 0.00243. The Morgan fingerprint density at radius 1 is 1.12 bits per heavy atom. The molecule has 50 heavy (non-hydrogen) atoms. The molecule has 0 aromatic heterocycles. The number of ketones is 1. The van der Waals surface area contributed by atoms with Crippen LogP contribution >= 0.6 is 0 Å². The molecule has 1 aromatic carbocycles. The van der Waals surface area contributed by atoms with Crippen molar-refractivity contribution in [3.8, 4) is 0 Å². The van der Waals surface area contributed by atoms with Crippen LogP contribution in [-0.4, -0.2) is 88.0 Å². The van der Waals surface area contributed by atoms with Crippen LogP contribution in [0.5, 0.6) is 0 Å². The average Bonchev–Trinajstić information content (AvgIpc) is 3.93. The molecule has 3 fully saturated rings. The molecule has 3 N–H and O–H groups in total. The summed E-state index contributed by atoms with van der Waals surface area (Å²) < 4.78 is 47.8. The fraction of sp³-hybridized carbons (Fsp3) is 0.629. The number of benzene rings is 1. The van der Waals surface area contributed by atoms with E-state index in [0.29, 0.717) is 43.2 Å². The summed E-state index contributed by atoms with van der Waals surface area (Å²) in [4.78, 5) is 70.8. The van der Waals surface area contributed by atoms with E-state index in [2.05, 4.69) is 10.0 Å². The van der Waals surface area contributed by atoms with Gasteiger partial charge in [0, 0.05) is 36.8 Å². The molecule has 4 amide bonds. The van der Waals surface area contributed by atoms with Gasteiger partial charge in [-0.3, -0.25) is 28.8 Å². The van der Waals surface area contributed by atoms with E-state index in [-0.39, 0.29) is 38.9 Å². The molecule has 1 aromatic rings. The largest absolute Gasteiger partial charge is 0.444 e. The van der Waals surface area contributed by atoms with Crippen LogP contribution < -0.4 is 10.0 Å². The monoisotopic (exact) mass is 716 g/mol. The number of aliphatic hydroxyl groups is 1. The number of hydrogen-bond acceptors (Lipinski definition) is 9. The van der Waals surface area contributed by atoms with Crippen LogP contribution in [0.4, 0.5) is 9.18 Å². The topological polar surface area (TPSA) is 179 Å². The number of carbonyl (C=O) groups excluding carboxylic acids is 5. The summed E-state index contributed by atoms with van der Waals surface area (Å²) in [5.74, 6) is -4.39. The molecule has 1 saturated heterocycles.